The Morgan fingerprint density at radius 1 is 1.31 bits per heavy atom. The summed E-state index contributed by atoms with van der Waals surface area (Å²) in [6.45, 7) is 5.45. The molecule has 1 aliphatic heterocycles. The molecular weight excluding hydrogens is 400 g/mol. The summed E-state index contributed by atoms with van der Waals surface area (Å²) >= 11 is 0. The van der Waals surface area contributed by atoms with Crippen molar-refractivity contribution in [2.75, 3.05) is 26.2 Å². The largest absolute Gasteiger partial charge is 0.392 e. The van der Waals surface area contributed by atoms with Gasteiger partial charge in [0.05, 0.1) is 12.2 Å². The number of aliphatic hydroxyl groups is 2. The van der Waals surface area contributed by atoms with Crippen LogP contribution in [0.1, 0.15) is 43.2 Å². The van der Waals surface area contributed by atoms with Crippen LogP contribution < -0.4 is 5.32 Å². The fourth-order valence-electron chi connectivity index (χ4n) is 5.71. The van der Waals surface area contributed by atoms with Gasteiger partial charge in [0.15, 0.2) is 0 Å². The summed E-state index contributed by atoms with van der Waals surface area (Å²) in [6.07, 6.45) is 10.6. The second-order valence-corrected chi connectivity index (χ2v) is 9.90. The van der Waals surface area contributed by atoms with Crippen molar-refractivity contribution < 1.29 is 15.0 Å². The molecule has 1 saturated carbocycles. The number of fused-ring (bicyclic) bond motifs is 1. The topological polar surface area (TPSA) is 72.8 Å². The Bertz CT molecular complexity index is 843. The number of hydrogen-bond donors (Lipinski definition) is 3. The maximum Gasteiger partial charge on any atom is 0.223 e. The minimum absolute atomic E-state index is 0.0950. The lowest BCUT2D eigenvalue weighted by molar-refractivity contribution is -0.130. The molecule has 32 heavy (non-hydrogen) atoms. The molecule has 0 unspecified atom stereocenters. The molecule has 1 amide bonds. The Morgan fingerprint density at radius 2 is 2.12 bits per heavy atom. The smallest absolute Gasteiger partial charge is 0.223 e. The van der Waals surface area contributed by atoms with Crippen molar-refractivity contribution in [2.24, 2.45) is 17.8 Å². The van der Waals surface area contributed by atoms with Crippen molar-refractivity contribution in [3.63, 3.8) is 0 Å². The van der Waals surface area contributed by atoms with Gasteiger partial charge < -0.3 is 20.4 Å². The fraction of sp³-hybridized carbons (Fsp3) is 0.593. The van der Waals surface area contributed by atoms with Crippen LogP contribution in [-0.4, -0.2) is 59.4 Å². The molecule has 0 bridgehead atoms. The Labute approximate surface area is 192 Å². The summed E-state index contributed by atoms with van der Waals surface area (Å²) in [6, 6.07) is 8.24. The third-order valence-electron chi connectivity index (χ3n) is 7.36. The third kappa shape index (κ3) is 5.89. The zero-order valence-electron chi connectivity index (χ0n) is 19.2. The van der Waals surface area contributed by atoms with Gasteiger partial charge in [0.2, 0.25) is 5.91 Å². The summed E-state index contributed by atoms with van der Waals surface area (Å²) in [5, 5.41) is 24.5. The quantitative estimate of drug-likeness (QED) is 0.409. The lowest BCUT2D eigenvalue weighted by atomic mass is 9.89. The van der Waals surface area contributed by atoms with Gasteiger partial charge in [-0.2, -0.15) is 0 Å². The standard InChI is InChI=1S/C27H38N2O3/c1-19-5-4-6-20(13-19)15-23(30)7-8-24-25-16-21(14-22(25)17-26(24)31)18-28-10-9-27(32)29-11-2-3-12-29/h4-8,13-14,22-26,28,30-31H,2-3,9-12,15-18H2,1H3/t22-,23-,24+,25-,26+/m0/s1. The maximum atomic E-state index is 12.2. The lowest BCUT2D eigenvalue weighted by Crippen LogP contribution is -2.31. The van der Waals surface area contributed by atoms with E-state index in [9.17, 15) is 15.0 Å². The molecule has 1 aromatic carbocycles. The summed E-state index contributed by atoms with van der Waals surface area (Å²) < 4.78 is 0. The minimum atomic E-state index is -0.535. The number of amides is 1. The fourth-order valence-corrected chi connectivity index (χ4v) is 5.71. The third-order valence-corrected chi connectivity index (χ3v) is 7.36. The van der Waals surface area contributed by atoms with E-state index >= 15 is 0 Å². The number of aliphatic hydroxyl groups excluding tert-OH is 2. The van der Waals surface area contributed by atoms with E-state index in [0.717, 1.165) is 57.4 Å². The van der Waals surface area contributed by atoms with E-state index in [1.807, 2.05) is 23.1 Å². The number of benzene rings is 1. The highest BCUT2D eigenvalue weighted by Crippen LogP contribution is 2.47. The van der Waals surface area contributed by atoms with Gasteiger partial charge in [-0.3, -0.25) is 4.79 Å². The van der Waals surface area contributed by atoms with E-state index in [2.05, 4.69) is 36.5 Å². The molecular formula is C27H38N2O3. The van der Waals surface area contributed by atoms with Crippen LogP contribution in [0.15, 0.2) is 48.1 Å². The van der Waals surface area contributed by atoms with Crippen LogP contribution in [-0.2, 0) is 11.2 Å². The Hall–Kier alpha value is -1.95. The van der Waals surface area contributed by atoms with Crippen LogP contribution in [0.2, 0.25) is 0 Å². The molecule has 174 valence electrons. The number of nitrogens with zero attached hydrogens (tertiary/aromatic N) is 1. The van der Waals surface area contributed by atoms with E-state index in [1.54, 1.807) is 0 Å². The van der Waals surface area contributed by atoms with Crippen molar-refractivity contribution in [3.05, 3.63) is 59.2 Å². The van der Waals surface area contributed by atoms with Crippen molar-refractivity contribution >= 4 is 5.91 Å². The average molecular weight is 439 g/mol. The second-order valence-electron chi connectivity index (χ2n) is 9.90. The highest BCUT2D eigenvalue weighted by molar-refractivity contribution is 5.76. The summed E-state index contributed by atoms with van der Waals surface area (Å²) in [4.78, 5) is 14.1. The number of carbonyl (C=O) groups is 1. The van der Waals surface area contributed by atoms with Gasteiger partial charge in [-0.1, -0.05) is 53.6 Å². The van der Waals surface area contributed by atoms with Crippen molar-refractivity contribution in [1.82, 2.24) is 10.2 Å². The lowest BCUT2D eigenvalue weighted by Gasteiger charge is -2.19. The van der Waals surface area contributed by atoms with Crippen LogP contribution in [0.4, 0.5) is 0 Å². The number of carbonyl (C=O) groups excluding carboxylic acids is 1. The van der Waals surface area contributed by atoms with Crippen molar-refractivity contribution in [3.8, 4) is 0 Å². The number of likely N-dealkylation sites (tertiary alicyclic amines) is 1. The zero-order valence-corrected chi connectivity index (χ0v) is 19.2. The number of nitrogens with one attached hydrogen (secondary N) is 1. The Balaban J connectivity index is 1.22. The second kappa shape index (κ2) is 10.8. The summed E-state index contributed by atoms with van der Waals surface area (Å²) in [7, 11) is 0. The Kier molecular flexibility index (Phi) is 7.82. The molecule has 0 radical (unpaired) electrons. The molecule has 4 rings (SSSR count). The van der Waals surface area contributed by atoms with Crippen LogP contribution in [0.3, 0.4) is 0 Å². The maximum absolute atomic E-state index is 12.2. The van der Waals surface area contributed by atoms with Crippen LogP contribution >= 0.6 is 0 Å². The molecule has 1 heterocycles. The summed E-state index contributed by atoms with van der Waals surface area (Å²) in [5.41, 5.74) is 3.72. The molecule has 3 N–H and O–H groups in total. The van der Waals surface area contributed by atoms with Gasteiger partial charge in [0.1, 0.15) is 0 Å². The van der Waals surface area contributed by atoms with Gasteiger partial charge in [0.25, 0.3) is 0 Å². The van der Waals surface area contributed by atoms with Gasteiger partial charge in [-0.05, 0) is 50.0 Å². The SMILES string of the molecule is Cc1cccc(C[C@@H](O)C=C[C@@H]2[C@H]3CC(CNCCC(=O)N4CCCC4)=C[C@H]3C[C@H]2O)c1. The first-order valence-electron chi connectivity index (χ1n) is 12.3. The first kappa shape index (κ1) is 23.2. The van der Waals surface area contributed by atoms with Crippen LogP contribution in [0.5, 0.6) is 0 Å². The van der Waals surface area contributed by atoms with Gasteiger partial charge in [-0.15, -0.1) is 0 Å². The molecule has 0 aromatic heterocycles. The normalized spacial score (nSPS) is 28.3. The molecule has 1 aromatic rings. The van der Waals surface area contributed by atoms with Gasteiger partial charge in [0, 0.05) is 44.9 Å². The predicted octanol–water partition coefficient (Wildman–Crippen LogP) is 3.00. The highest BCUT2D eigenvalue weighted by atomic mass is 16.3. The first-order valence-corrected chi connectivity index (χ1v) is 12.3. The van der Waals surface area contributed by atoms with Gasteiger partial charge in [-0.25, -0.2) is 0 Å². The molecule has 3 aliphatic rings. The molecule has 5 nitrogen and oxygen atoms in total. The molecule has 5 heteroatoms. The van der Waals surface area contributed by atoms with E-state index in [1.165, 1.54) is 11.1 Å². The number of allylic oxidation sites excluding steroid dienone is 1. The van der Waals surface area contributed by atoms with E-state index in [4.69, 9.17) is 0 Å². The van der Waals surface area contributed by atoms with E-state index < -0.39 is 6.10 Å². The molecule has 2 fully saturated rings. The van der Waals surface area contributed by atoms with Crippen LogP contribution in [0, 0.1) is 24.7 Å². The number of hydrogen-bond acceptors (Lipinski definition) is 4. The zero-order chi connectivity index (χ0) is 22.5. The average Bonchev–Trinajstić information content (AvgIpc) is 3.47. The van der Waals surface area contributed by atoms with Crippen LogP contribution in [0.25, 0.3) is 0 Å². The molecule has 0 spiro atoms. The van der Waals surface area contributed by atoms with E-state index in [-0.39, 0.29) is 17.9 Å². The Morgan fingerprint density at radius 3 is 2.91 bits per heavy atom. The molecule has 2 aliphatic carbocycles. The number of rotatable bonds is 9. The molecule has 5 atom stereocenters. The van der Waals surface area contributed by atoms with Gasteiger partial charge >= 0.3 is 0 Å². The van der Waals surface area contributed by atoms with Crippen molar-refractivity contribution in [1.29, 1.82) is 0 Å². The number of aryl methyl sites for hydroxylation is 1. The first-order chi connectivity index (χ1) is 15.5. The van der Waals surface area contributed by atoms with Crippen molar-refractivity contribution in [2.45, 2.75) is 57.7 Å². The highest BCUT2D eigenvalue weighted by Gasteiger charge is 2.43. The summed E-state index contributed by atoms with van der Waals surface area (Å²) in [5.74, 6) is 1.19. The predicted molar refractivity (Wildman–Crippen MR) is 127 cm³/mol. The minimum Gasteiger partial charge on any atom is -0.392 e. The monoisotopic (exact) mass is 438 g/mol. The molecule has 1 saturated heterocycles. The van der Waals surface area contributed by atoms with E-state index in [0.29, 0.717) is 24.7 Å².